The third-order valence-corrected chi connectivity index (χ3v) is 4.20. The Bertz CT molecular complexity index is 899. The summed E-state index contributed by atoms with van der Waals surface area (Å²) >= 11 is 5.81. The van der Waals surface area contributed by atoms with E-state index in [2.05, 4.69) is 0 Å². The lowest BCUT2D eigenvalue weighted by Crippen LogP contribution is -2.27. The topological polar surface area (TPSA) is 49.3 Å². The smallest absolute Gasteiger partial charge is 0.255 e. The van der Waals surface area contributed by atoms with Gasteiger partial charge in [-0.15, -0.1) is 0 Å². The van der Waals surface area contributed by atoms with Crippen LogP contribution in [0.25, 0.3) is 11.1 Å². The van der Waals surface area contributed by atoms with Gasteiger partial charge >= 0.3 is 0 Å². The Hall–Kier alpha value is -2.69. The third-order valence-electron chi connectivity index (χ3n) is 3.97. The van der Waals surface area contributed by atoms with Crippen LogP contribution < -0.4 is 5.48 Å². The average molecular weight is 356 g/mol. The van der Waals surface area contributed by atoms with E-state index in [-0.39, 0.29) is 0 Å². The van der Waals surface area contributed by atoms with Gasteiger partial charge < -0.3 is 0 Å². The third kappa shape index (κ3) is 3.71. The number of halogens is 2. The molecule has 2 N–H and O–H groups in total. The molecule has 0 spiro atoms. The molecule has 0 saturated heterocycles. The highest BCUT2D eigenvalue weighted by Crippen LogP contribution is 2.31. The normalized spacial score (nSPS) is 11.8. The molecule has 1 unspecified atom stereocenters. The molecule has 3 aromatic carbocycles. The number of carbonyl (C=O) groups excluding carboxylic acids is 1. The molecule has 0 fully saturated rings. The maximum Gasteiger partial charge on any atom is 0.255 e. The lowest BCUT2D eigenvalue weighted by Gasteiger charge is -2.17. The van der Waals surface area contributed by atoms with E-state index in [4.69, 9.17) is 16.8 Å². The molecule has 1 amide bonds. The maximum atomic E-state index is 14.2. The zero-order valence-corrected chi connectivity index (χ0v) is 13.9. The van der Waals surface area contributed by atoms with Crippen LogP contribution in [0, 0.1) is 5.82 Å². The Morgan fingerprint density at radius 2 is 1.68 bits per heavy atom. The van der Waals surface area contributed by atoms with E-state index in [0.717, 1.165) is 5.56 Å². The van der Waals surface area contributed by atoms with Crippen molar-refractivity contribution in [2.24, 2.45) is 0 Å². The molecule has 0 heterocycles. The largest absolute Gasteiger partial charge is 0.289 e. The zero-order chi connectivity index (χ0) is 17.8. The summed E-state index contributed by atoms with van der Waals surface area (Å²) in [5.74, 6) is -1.70. The Kier molecular flexibility index (Phi) is 5.12. The number of nitrogens with one attached hydrogen (secondary N) is 1. The van der Waals surface area contributed by atoms with Gasteiger partial charge in [0.25, 0.3) is 5.91 Å². The number of hydrogen-bond acceptors (Lipinski definition) is 2. The zero-order valence-electron chi connectivity index (χ0n) is 13.1. The van der Waals surface area contributed by atoms with Gasteiger partial charge in [-0.05, 0) is 41.0 Å². The van der Waals surface area contributed by atoms with Crippen LogP contribution in [0.3, 0.4) is 0 Å². The van der Waals surface area contributed by atoms with E-state index < -0.39 is 17.6 Å². The Labute approximate surface area is 149 Å². The summed E-state index contributed by atoms with van der Waals surface area (Å²) in [6.45, 7) is 0. The van der Waals surface area contributed by atoms with Crippen LogP contribution in [0.1, 0.15) is 17.0 Å². The molecule has 0 bridgehead atoms. The van der Waals surface area contributed by atoms with Crippen LogP contribution in [0.5, 0.6) is 0 Å². The van der Waals surface area contributed by atoms with Crippen LogP contribution in [0.2, 0.25) is 5.02 Å². The van der Waals surface area contributed by atoms with Crippen molar-refractivity contribution in [1.82, 2.24) is 5.48 Å². The minimum absolute atomic E-state index is 0.319. The fraction of sp³-hybridized carbons (Fsp3) is 0.0500. The first kappa shape index (κ1) is 17.1. The minimum Gasteiger partial charge on any atom is -0.289 e. The molecule has 3 rings (SSSR count). The molecule has 3 aromatic rings. The summed E-state index contributed by atoms with van der Waals surface area (Å²) in [5.41, 5.74) is 4.09. The van der Waals surface area contributed by atoms with E-state index in [1.807, 2.05) is 18.2 Å². The highest BCUT2D eigenvalue weighted by atomic mass is 35.5. The number of benzene rings is 3. The van der Waals surface area contributed by atoms with Gasteiger partial charge in [-0.1, -0.05) is 60.1 Å². The number of amides is 1. The minimum atomic E-state index is -0.707. The monoisotopic (exact) mass is 355 g/mol. The fourth-order valence-corrected chi connectivity index (χ4v) is 2.97. The second-order valence-corrected chi connectivity index (χ2v) is 6.01. The molecule has 1 atom stereocenters. The van der Waals surface area contributed by atoms with E-state index >= 15 is 0 Å². The van der Waals surface area contributed by atoms with Crippen molar-refractivity contribution in [3.05, 3.63) is 94.8 Å². The van der Waals surface area contributed by atoms with Gasteiger partial charge in [0.1, 0.15) is 5.82 Å². The van der Waals surface area contributed by atoms with Crippen molar-refractivity contribution in [3.8, 4) is 11.1 Å². The quantitative estimate of drug-likeness (QED) is 0.522. The number of rotatable bonds is 4. The van der Waals surface area contributed by atoms with Crippen LogP contribution in [-0.2, 0) is 4.79 Å². The summed E-state index contributed by atoms with van der Waals surface area (Å²) in [7, 11) is 0. The summed E-state index contributed by atoms with van der Waals surface area (Å²) < 4.78 is 14.2. The van der Waals surface area contributed by atoms with E-state index in [1.165, 1.54) is 6.07 Å². The molecule has 5 heteroatoms. The number of hydrogen-bond donors (Lipinski definition) is 2. The molecular formula is C20H15ClFNO2. The van der Waals surface area contributed by atoms with E-state index in [9.17, 15) is 9.18 Å². The van der Waals surface area contributed by atoms with Crippen molar-refractivity contribution < 1.29 is 14.4 Å². The molecule has 0 aromatic heterocycles. The van der Waals surface area contributed by atoms with Crippen molar-refractivity contribution in [3.63, 3.8) is 0 Å². The highest BCUT2D eigenvalue weighted by molar-refractivity contribution is 6.30. The van der Waals surface area contributed by atoms with E-state index in [1.54, 1.807) is 54.0 Å². The SMILES string of the molecule is O=C(NO)C(c1ccccc1)c1cccc(-c2ccc(Cl)cc2F)c1. The van der Waals surface area contributed by atoms with Gasteiger partial charge in [0, 0.05) is 10.6 Å². The molecule has 25 heavy (non-hydrogen) atoms. The first-order chi connectivity index (χ1) is 12.1. The van der Waals surface area contributed by atoms with Crippen LogP contribution >= 0.6 is 11.6 Å². The maximum absolute atomic E-state index is 14.2. The predicted octanol–water partition coefficient (Wildman–Crippen LogP) is 4.78. The first-order valence-corrected chi connectivity index (χ1v) is 8.02. The fourth-order valence-electron chi connectivity index (χ4n) is 2.81. The Balaban J connectivity index is 2.08. The van der Waals surface area contributed by atoms with Crippen LogP contribution in [0.15, 0.2) is 72.8 Å². The standard InChI is InChI=1S/C20H15ClFNO2/c21-16-9-10-17(18(22)12-16)14-7-4-8-15(11-14)19(20(24)23-25)13-5-2-1-3-6-13/h1-12,19,25H,(H,23,24). The predicted molar refractivity (Wildman–Crippen MR) is 95.1 cm³/mol. The van der Waals surface area contributed by atoms with Gasteiger partial charge in [0.2, 0.25) is 0 Å². The molecule has 3 nitrogen and oxygen atoms in total. The lowest BCUT2D eigenvalue weighted by atomic mass is 9.89. The van der Waals surface area contributed by atoms with Crippen LogP contribution in [0.4, 0.5) is 4.39 Å². The van der Waals surface area contributed by atoms with Crippen molar-refractivity contribution in [1.29, 1.82) is 0 Å². The molecular weight excluding hydrogens is 341 g/mol. The summed E-state index contributed by atoms with van der Waals surface area (Å²) in [6, 6.07) is 20.5. The van der Waals surface area contributed by atoms with Crippen molar-refractivity contribution in [2.45, 2.75) is 5.92 Å². The second-order valence-electron chi connectivity index (χ2n) is 5.57. The van der Waals surface area contributed by atoms with Crippen molar-refractivity contribution in [2.75, 3.05) is 0 Å². The summed E-state index contributed by atoms with van der Waals surface area (Å²) in [5, 5.41) is 9.43. The number of carbonyl (C=O) groups is 1. The van der Waals surface area contributed by atoms with Gasteiger partial charge in [-0.2, -0.15) is 0 Å². The molecule has 0 aliphatic rings. The summed E-state index contributed by atoms with van der Waals surface area (Å²) in [6.07, 6.45) is 0. The van der Waals surface area contributed by atoms with Gasteiger partial charge in [-0.3, -0.25) is 10.0 Å². The molecule has 0 aliphatic heterocycles. The lowest BCUT2D eigenvalue weighted by molar-refractivity contribution is -0.129. The van der Waals surface area contributed by atoms with E-state index in [0.29, 0.717) is 21.7 Å². The van der Waals surface area contributed by atoms with Crippen molar-refractivity contribution >= 4 is 17.5 Å². The average Bonchev–Trinajstić information content (AvgIpc) is 2.63. The Morgan fingerprint density at radius 1 is 0.960 bits per heavy atom. The summed E-state index contributed by atoms with van der Waals surface area (Å²) in [4.78, 5) is 12.2. The van der Waals surface area contributed by atoms with Gasteiger partial charge in [0.05, 0.1) is 5.92 Å². The molecule has 0 saturated carbocycles. The first-order valence-electron chi connectivity index (χ1n) is 7.64. The number of hydroxylamine groups is 1. The van der Waals surface area contributed by atoms with Crippen LogP contribution in [-0.4, -0.2) is 11.1 Å². The molecule has 0 radical (unpaired) electrons. The van der Waals surface area contributed by atoms with Gasteiger partial charge in [0.15, 0.2) is 0 Å². The highest BCUT2D eigenvalue weighted by Gasteiger charge is 2.23. The molecule has 0 aliphatic carbocycles. The molecule has 126 valence electrons. The van der Waals surface area contributed by atoms with Gasteiger partial charge in [-0.25, -0.2) is 9.87 Å². The Morgan fingerprint density at radius 3 is 2.36 bits per heavy atom. The second kappa shape index (κ2) is 7.47.